The number of halogens is 1. The van der Waals surface area contributed by atoms with Crippen LogP contribution in [0.25, 0.3) is 0 Å². The van der Waals surface area contributed by atoms with Gasteiger partial charge in [0.25, 0.3) is 0 Å². The Balaban J connectivity index is 2.40. The predicted molar refractivity (Wildman–Crippen MR) is 85.0 cm³/mol. The number of nitrogens with one attached hydrogen (secondary N) is 1. The average molecular weight is 347 g/mol. The fourth-order valence-electron chi connectivity index (χ4n) is 2.32. The molecule has 0 spiro atoms. The van der Waals surface area contributed by atoms with Crippen molar-refractivity contribution in [2.45, 2.75) is 24.7 Å². The number of hydrogen-bond donors (Lipinski definition) is 1. The van der Waals surface area contributed by atoms with E-state index in [-0.39, 0.29) is 10.8 Å². The summed E-state index contributed by atoms with van der Waals surface area (Å²) in [6.45, 7) is 3.16. The molecule has 1 fully saturated rings. The highest BCUT2D eigenvalue weighted by Gasteiger charge is 2.30. The predicted octanol–water partition coefficient (Wildman–Crippen LogP) is 2.05. The maximum Gasteiger partial charge on any atom is 0.246 e. The molecule has 1 saturated heterocycles. The van der Waals surface area contributed by atoms with Gasteiger partial charge < -0.3 is 10.1 Å². The second-order valence-corrected chi connectivity index (χ2v) is 7.06. The molecule has 1 amide bonds. The van der Waals surface area contributed by atoms with E-state index >= 15 is 0 Å². The van der Waals surface area contributed by atoms with E-state index in [9.17, 15) is 13.2 Å². The molecule has 0 aromatic heterocycles. The van der Waals surface area contributed by atoms with Crippen LogP contribution in [0.15, 0.2) is 23.1 Å². The second-order valence-electron chi connectivity index (χ2n) is 4.89. The molecule has 1 N–H and O–H groups in total. The number of nitrogens with zero attached hydrogens (tertiary/aromatic N) is 1. The lowest BCUT2D eigenvalue weighted by atomic mass is 10.3. The van der Waals surface area contributed by atoms with Gasteiger partial charge in [-0.1, -0.05) is 0 Å². The van der Waals surface area contributed by atoms with Crippen LogP contribution in [-0.2, 0) is 14.8 Å². The Morgan fingerprint density at radius 2 is 2.05 bits per heavy atom. The molecule has 0 atom stereocenters. The van der Waals surface area contributed by atoms with Crippen LogP contribution in [0.3, 0.4) is 0 Å². The molecule has 22 heavy (non-hydrogen) atoms. The number of carbonyl (C=O) groups is 1. The number of anilines is 1. The van der Waals surface area contributed by atoms with Crippen molar-refractivity contribution in [3.63, 3.8) is 0 Å². The number of carbonyl (C=O) groups excluding carboxylic acids is 1. The van der Waals surface area contributed by atoms with Crippen molar-refractivity contribution in [1.82, 2.24) is 4.31 Å². The van der Waals surface area contributed by atoms with Gasteiger partial charge in [-0.3, -0.25) is 4.79 Å². The van der Waals surface area contributed by atoms with Crippen LogP contribution in [0.5, 0.6) is 5.75 Å². The number of hydrogen-bond acceptors (Lipinski definition) is 4. The Labute approximate surface area is 135 Å². The van der Waals surface area contributed by atoms with Crippen molar-refractivity contribution in [3.05, 3.63) is 18.2 Å². The van der Waals surface area contributed by atoms with Gasteiger partial charge in [-0.05, 0) is 38.0 Å². The molecular weight excluding hydrogens is 328 g/mol. The molecule has 8 heteroatoms. The van der Waals surface area contributed by atoms with Gasteiger partial charge in [-0.2, -0.15) is 4.31 Å². The van der Waals surface area contributed by atoms with E-state index in [2.05, 4.69) is 5.32 Å². The molecule has 122 valence electrons. The van der Waals surface area contributed by atoms with Gasteiger partial charge in [-0.15, -0.1) is 11.6 Å². The summed E-state index contributed by atoms with van der Waals surface area (Å²) in [4.78, 5) is 11.4. The van der Waals surface area contributed by atoms with Crippen LogP contribution >= 0.6 is 11.6 Å². The molecule has 1 aromatic rings. The van der Waals surface area contributed by atoms with Crippen molar-refractivity contribution in [3.8, 4) is 5.75 Å². The van der Waals surface area contributed by atoms with Crippen LogP contribution < -0.4 is 10.1 Å². The first kappa shape index (κ1) is 17.1. The smallest absolute Gasteiger partial charge is 0.246 e. The molecule has 0 radical (unpaired) electrons. The minimum atomic E-state index is -3.63. The number of sulfonamides is 1. The molecule has 2 rings (SSSR count). The standard InChI is InChI=1S/C14H19ClN2O4S/c1-2-21-12-6-5-11(16-14(18)10-15)9-13(12)22(19,20)17-7-3-4-8-17/h5-6,9H,2-4,7-8,10H2,1H3,(H,16,18). The third kappa shape index (κ3) is 3.71. The lowest BCUT2D eigenvalue weighted by Gasteiger charge is -2.19. The largest absolute Gasteiger partial charge is 0.492 e. The van der Waals surface area contributed by atoms with E-state index < -0.39 is 15.9 Å². The molecule has 0 unspecified atom stereocenters. The molecule has 6 nitrogen and oxygen atoms in total. The Kier molecular flexibility index (Phi) is 5.66. The quantitative estimate of drug-likeness (QED) is 0.800. The summed E-state index contributed by atoms with van der Waals surface area (Å²) >= 11 is 5.45. The van der Waals surface area contributed by atoms with Gasteiger partial charge >= 0.3 is 0 Å². The zero-order chi connectivity index (χ0) is 16.2. The summed E-state index contributed by atoms with van der Waals surface area (Å²) in [5, 5.41) is 2.55. The summed E-state index contributed by atoms with van der Waals surface area (Å²) < 4.78 is 32.4. The molecule has 1 aliphatic rings. The number of benzene rings is 1. The molecule has 0 bridgehead atoms. The summed E-state index contributed by atoms with van der Waals surface area (Å²) in [5.41, 5.74) is 0.381. The Morgan fingerprint density at radius 1 is 1.36 bits per heavy atom. The molecule has 1 aromatic carbocycles. The summed E-state index contributed by atoms with van der Waals surface area (Å²) in [5.74, 6) is -0.296. The molecule has 1 heterocycles. The van der Waals surface area contributed by atoms with Gasteiger partial charge in [0, 0.05) is 18.8 Å². The van der Waals surface area contributed by atoms with E-state index in [0.717, 1.165) is 12.8 Å². The summed E-state index contributed by atoms with van der Waals surface area (Å²) in [6.07, 6.45) is 1.71. The van der Waals surface area contributed by atoms with E-state index in [1.54, 1.807) is 19.1 Å². The van der Waals surface area contributed by atoms with E-state index in [4.69, 9.17) is 16.3 Å². The average Bonchev–Trinajstić information content (AvgIpc) is 3.04. The molecule has 0 saturated carbocycles. The van der Waals surface area contributed by atoms with Gasteiger partial charge in [0.1, 0.15) is 16.5 Å². The zero-order valence-electron chi connectivity index (χ0n) is 12.3. The lowest BCUT2D eigenvalue weighted by Crippen LogP contribution is -2.28. The highest BCUT2D eigenvalue weighted by Crippen LogP contribution is 2.31. The number of amides is 1. The number of alkyl halides is 1. The highest BCUT2D eigenvalue weighted by atomic mass is 35.5. The number of rotatable bonds is 6. The third-order valence-electron chi connectivity index (χ3n) is 3.33. The topological polar surface area (TPSA) is 75.7 Å². The van der Waals surface area contributed by atoms with Crippen LogP contribution in [0.2, 0.25) is 0 Å². The molecular formula is C14H19ClN2O4S. The monoisotopic (exact) mass is 346 g/mol. The van der Waals surface area contributed by atoms with Gasteiger partial charge in [0.05, 0.1) is 6.61 Å². The van der Waals surface area contributed by atoms with Gasteiger partial charge in [0.15, 0.2) is 0 Å². The number of ether oxygens (including phenoxy) is 1. The summed E-state index contributed by atoms with van der Waals surface area (Å²) in [6, 6.07) is 4.57. The Hall–Kier alpha value is -1.31. The van der Waals surface area contributed by atoms with Crippen molar-refractivity contribution < 1.29 is 17.9 Å². The van der Waals surface area contributed by atoms with Crippen molar-refractivity contribution in [1.29, 1.82) is 0 Å². The SMILES string of the molecule is CCOc1ccc(NC(=O)CCl)cc1S(=O)(=O)N1CCCC1. The summed E-state index contributed by atoms with van der Waals surface area (Å²) in [7, 11) is -3.63. The van der Waals surface area contributed by atoms with E-state index in [1.165, 1.54) is 10.4 Å². The highest BCUT2D eigenvalue weighted by molar-refractivity contribution is 7.89. The lowest BCUT2D eigenvalue weighted by molar-refractivity contribution is -0.113. The maximum atomic E-state index is 12.7. The zero-order valence-corrected chi connectivity index (χ0v) is 13.9. The van der Waals surface area contributed by atoms with Crippen molar-refractivity contribution in [2.24, 2.45) is 0 Å². The third-order valence-corrected chi connectivity index (χ3v) is 5.49. The minimum Gasteiger partial charge on any atom is -0.492 e. The van der Waals surface area contributed by atoms with Gasteiger partial charge in [-0.25, -0.2) is 8.42 Å². The van der Waals surface area contributed by atoms with E-state index in [0.29, 0.717) is 31.1 Å². The van der Waals surface area contributed by atoms with E-state index in [1.807, 2.05) is 0 Å². The van der Waals surface area contributed by atoms with Crippen molar-refractivity contribution in [2.75, 3.05) is 30.9 Å². The first-order valence-corrected chi connectivity index (χ1v) is 9.09. The van der Waals surface area contributed by atoms with Crippen molar-refractivity contribution >= 4 is 33.2 Å². The molecule has 1 aliphatic heterocycles. The fraction of sp³-hybridized carbons (Fsp3) is 0.500. The molecule has 0 aliphatic carbocycles. The first-order chi connectivity index (χ1) is 10.5. The first-order valence-electron chi connectivity index (χ1n) is 7.12. The van der Waals surface area contributed by atoms with Gasteiger partial charge in [0.2, 0.25) is 15.9 Å². The second kappa shape index (κ2) is 7.30. The van der Waals surface area contributed by atoms with Crippen LogP contribution in [0.4, 0.5) is 5.69 Å². The Morgan fingerprint density at radius 3 is 2.64 bits per heavy atom. The fourth-order valence-corrected chi connectivity index (χ4v) is 4.07. The normalized spacial score (nSPS) is 15.7. The minimum absolute atomic E-state index is 0.0728. The van der Waals surface area contributed by atoms with Crippen LogP contribution in [0, 0.1) is 0 Å². The maximum absolute atomic E-state index is 12.7. The van der Waals surface area contributed by atoms with Crippen LogP contribution in [0.1, 0.15) is 19.8 Å². The Bertz CT molecular complexity index is 642. The van der Waals surface area contributed by atoms with Crippen LogP contribution in [-0.4, -0.2) is 44.2 Å².